The van der Waals surface area contributed by atoms with Gasteiger partial charge in [0.1, 0.15) is 0 Å². The van der Waals surface area contributed by atoms with Crippen molar-refractivity contribution in [2.75, 3.05) is 13.1 Å². The highest BCUT2D eigenvalue weighted by atomic mass is 16.4. The second-order valence-corrected chi connectivity index (χ2v) is 13.6. The predicted octanol–water partition coefficient (Wildman–Crippen LogP) is 13.3. The Labute approximate surface area is 265 Å². The zero-order valence-corrected chi connectivity index (χ0v) is 29.0. The van der Waals surface area contributed by atoms with Gasteiger partial charge in [-0.05, 0) is 32.4 Å². The quantitative estimate of drug-likeness (QED) is 0.0700. The average Bonchev–Trinajstić information content (AvgIpc) is 2.98. The molecular formula is C39H79NO2. The molecule has 0 aromatic heterocycles. The monoisotopic (exact) mass is 594 g/mol. The van der Waals surface area contributed by atoms with Crippen molar-refractivity contribution in [1.82, 2.24) is 5.32 Å². The lowest BCUT2D eigenvalue weighted by molar-refractivity contribution is -0.137. The summed E-state index contributed by atoms with van der Waals surface area (Å²) in [5.74, 6) is -0.651. The molecule has 3 nitrogen and oxygen atoms in total. The molecule has 42 heavy (non-hydrogen) atoms. The first-order chi connectivity index (χ1) is 20.8. The van der Waals surface area contributed by atoms with Gasteiger partial charge in [-0.1, -0.05) is 206 Å². The van der Waals surface area contributed by atoms with Crippen LogP contribution in [0.3, 0.4) is 0 Å². The molecule has 0 bridgehead atoms. The number of carboxylic acids is 1. The van der Waals surface area contributed by atoms with Gasteiger partial charge in [-0.3, -0.25) is 4.79 Å². The first-order valence-electron chi connectivity index (χ1n) is 19.7. The van der Waals surface area contributed by atoms with Crippen LogP contribution >= 0.6 is 0 Å². The molecule has 252 valence electrons. The van der Waals surface area contributed by atoms with Gasteiger partial charge in [-0.25, -0.2) is 0 Å². The van der Waals surface area contributed by atoms with Gasteiger partial charge in [0.05, 0.1) is 0 Å². The van der Waals surface area contributed by atoms with E-state index in [2.05, 4.69) is 12.2 Å². The van der Waals surface area contributed by atoms with Crippen molar-refractivity contribution < 1.29 is 9.90 Å². The van der Waals surface area contributed by atoms with E-state index in [4.69, 9.17) is 5.11 Å². The SMILES string of the molecule is CCCCCCCCCCCCCCCCCCCCCCCCCNCCCCCCCCCCCCCC(=O)O. The minimum absolute atomic E-state index is 0.342. The predicted molar refractivity (Wildman–Crippen MR) is 188 cm³/mol. The highest BCUT2D eigenvalue weighted by molar-refractivity contribution is 5.66. The van der Waals surface area contributed by atoms with Crippen molar-refractivity contribution in [2.24, 2.45) is 0 Å². The number of rotatable bonds is 38. The molecule has 0 radical (unpaired) electrons. The zero-order valence-electron chi connectivity index (χ0n) is 29.0. The van der Waals surface area contributed by atoms with Crippen LogP contribution in [-0.4, -0.2) is 24.2 Å². The van der Waals surface area contributed by atoms with Gasteiger partial charge >= 0.3 is 5.97 Å². The average molecular weight is 594 g/mol. The van der Waals surface area contributed by atoms with Gasteiger partial charge in [0.25, 0.3) is 0 Å². The Bertz CT molecular complexity index is 495. The zero-order chi connectivity index (χ0) is 30.4. The highest BCUT2D eigenvalue weighted by Crippen LogP contribution is 2.16. The summed E-state index contributed by atoms with van der Waals surface area (Å²) in [6, 6.07) is 0. The molecule has 0 aromatic rings. The topological polar surface area (TPSA) is 49.3 Å². The summed E-state index contributed by atoms with van der Waals surface area (Å²) in [6.07, 6.45) is 47.8. The fraction of sp³-hybridized carbons (Fsp3) is 0.974. The van der Waals surface area contributed by atoms with Gasteiger partial charge in [-0.15, -0.1) is 0 Å². The molecule has 0 rings (SSSR count). The third kappa shape index (κ3) is 39.4. The summed E-state index contributed by atoms with van der Waals surface area (Å²) >= 11 is 0. The molecule has 0 aliphatic heterocycles. The molecular weight excluding hydrogens is 514 g/mol. The van der Waals surface area contributed by atoms with E-state index in [1.165, 1.54) is 219 Å². The van der Waals surface area contributed by atoms with Crippen molar-refractivity contribution in [3.63, 3.8) is 0 Å². The van der Waals surface area contributed by atoms with E-state index in [0.717, 1.165) is 12.8 Å². The van der Waals surface area contributed by atoms with E-state index in [1.807, 2.05) is 0 Å². The normalized spacial score (nSPS) is 11.5. The van der Waals surface area contributed by atoms with E-state index in [0.29, 0.717) is 6.42 Å². The Morgan fingerprint density at radius 2 is 0.571 bits per heavy atom. The van der Waals surface area contributed by atoms with Gasteiger partial charge in [0.2, 0.25) is 0 Å². The minimum Gasteiger partial charge on any atom is -0.481 e. The number of hydrogen-bond acceptors (Lipinski definition) is 2. The molecule has 0 spiro atoms. The number of unbranched alkanes of at least 4 members (excludes halogenated alkanes) is 32. The maximum atomic E-state index is 10.5. The van der Waals surface area contributed by atoms with Crippen molar-refractivity contribution in [2.45, 2.75) is 232 Å². The van der Waals surface area contributed by atoms with E-state index < -0.39 is 5.97 Å². The summed E-state index contributed by atoms with van der Waals surface area (Å²) < 4.78 is 0. The van der Waals surface area contributed by atoms with Crippen LogP contribution in [0.4, 0.5) is 0 Å². The summed E-state index contributed by atoms with van der Waals surface area (Å²) in [7, 11) is 0. The van der Waals surface area contributed by atoms with Gasteiger partial charge in [-0.2, -0.15) is 0 Å². The second-order valence-electron chi connectivity index (χ2n) is 13.6. The third-order valence-electron chi connectivity index (χ3n) is 9.20. The molecule has 3 heteroatoms. The number of carboxylic acid groups (broad SMARTS) is 1. The standard InChI is InChI=1S/C39H79NO2/c1-2-3-4-5-6-7-8-9-10-11-12-13-14-15-16-17-18-19-22-25-28-31-34-37-40-38-35-32-29-26-23-20-21-24-27-30-33-36-39(41)42/h40H,2-38H2,1H3,(H,41,42). The molecule has 0 fully saturated rings. The van der Waals surface area contributed by atoms with Crippen molar-refractivity contribution in [3.8, 4) is 0 Å². The Balaban J connectivity index is 3.03. The number of nitrogens with one attached hydrogen (secondary N) is 1. The van der Waals surface area contributed by atoms with Gasteiger partial charge in [0.15, 0.2) is 0 Å². The van der Waals surface area contributed by atoms with Crippen LogP contribution in [0.15, 0.2) is 0 Å². The number of hydrogen-bond donors (Lipinski definition) is 2. The van der Waals surface area contributed by atoms with Crippen LogP contribution in [0.2, 0.25) is 0 Å². The fourth-order valence-corrected chi connectivity index (χ4v) is 6.28. The molecule has 0 amide bonds. The van der Waals surface area contributed by atoms with Gasteiger partial charge in [0, 0.05) is 6.42 Å². The van der Waals surface area contributed by atoms with E-state index in [-0.39, 0.29) is 0 Å². The van der Waals surface area contributed by atoms with Crippen molar-refractivity contribution in [3.05, 3.63) is 0 Å². The Morgan fingerprint density at radius 1 is 0.357 bits per heavy atom. The molecule has 0 heterocycles. The molecule has 0 unspecified atom stereocenters. The third-order valence-corrected chi connectivity index (χ3v) is 9.20. The summed E-state index contributed by atoms with van der Waals surface area (Å²) in [5.41, 5.74) is 0. The maximum Gasteiger partial charge on any atom is 0.303 e. The summed E-state index contributed by atoms with van der Waals surface area (Å²) in [5, 5.41) is 12.3. The smallest absolute Gasteiger partial charge is 0.303 e. The van der Waals surface area contributed by atoms with Gasteiger partial charge < -0.3 is 10.4 Å². The van der Waals surface area contributed by atoms with E-state index >= 15 is 0 Å². The minimum atomic E-state index is -0.651. The molecule has 0 aromatic carbocycles. The summed E-state index contributed by atoms with van der Waals surface area (Å²) in [6.45, 7) is 4.72. The van der Waals surface area contributed by atoms with E-state index in [9.17, 15) is 4.79 Å². The largest absolute Gasteiger partial charge is 0.481 e. The first-order valence-corrected chi connectivity index (χ1v) is 19.7. The number of carbonyl (C=O) groups is 1. The van der Waals surface area contributed by atoms with Crippen LogP contribution in [0.5, 0.6) is 0 Å². The molecule has 0 saturated carbocycles. The van der Waals surface area contributed by atoms with Crippen molar-refractivity contribution in [1.29, 1.82) is 0 Å². The lowest BCUT2D eigenvalue weighted by Gasteiger charge is -2.06. The fourth-order valence-electron chi connectivity index (χ4n) is 6.28. The molecule has 0 saturated heterocycles. The summed E-state index contributed by atoms with van der Waals surface area (Å²) in [4.78, 5) is 10.5. The number of aliphatic carboxylic acids is 1. The van der Waals surface area contributed by atoms with Crippen LogP contribution in [-0.2, 0) is 4.79 Å². The van der Waals surface area contributed by atoms with Crippen molar-refractivity contribution >= 4 is 5.97 Å². The molecule has 0 atom stereocenters. The second kappa shape index (κ2) is 38.5. The lowest BCUT2D eigenvalue weighted by atomic mass is 10.0. The molecule has 2 N–H and O–H groups in total. The Morgan fingerprint density at radius 3 is 0.810 bits per heavy atom. The molecule has 0 aliphatic rings. The van der Waals surface area contributed by atoms with Crippen LogP contribution in [0.25, 0.3) is 0 Å². The molecule has 0 aliphatic carbocycles. The first kappa shape index (κ1) is 41.4. The van der Waals surface area contributed by atoms with E-state index in [1.54, 1.807) is 0 Å². The van der Waals surface area contributed by atoms with Crippen LogP contribution in [0, 0.1) is 0 Å². The Hall–Kier alpha value is -0.570. The van der Waals surface area contributed by atoms with Crippen LogP contribution < -0.4 is 5.32 Å². The maximum absolute atomic E-state index is 10.5. The Kier molecular flexibility index (Phi) is 37.9. The highest BCUT2D eigenvalue weighted by Gasteiger charge is 1.98. The lowest BCUT2D eigenvalue weighted by Crippen LogP contribution is -2.16. The van der Waals surface area contributed by atoms with Crippen LogP contribution in [0.1, 0.15) is 232 Å².